The van der Waals surface area contributed by atoms with Crippen molar-refractivity contribution in [2.45, 2.75) is 25.5 Å². The lowest BCUT2D eigenvalue weighted by atomic mass is 10.6. The number of imidazole rings is 1. The summed E-state index contributed by atoms with van der Waals surface area (Å²) in [6.07, 6.45) is 6.80. The number of nitrogens with zero attached hydrogens (tertiary/aromatic N) is 2. The summed E-state index contributed by atoms with van der Waals surface area (Å²) in [6.45, 7) is 1.70. The topological polar surface area (TPSA) is 27.1 Å². The molecule has 0 spiro atoms. The van der Waals surface area contributed by atoms with E-state index in [1.165, 1.54) is 12.8 Å². The molecule has 3 nitrogen and oxygen atoms in total. The first-order valence-corrected chi connectivity index (χ1v) is 4.93. The van der Waals surface area contributed by atoms with Gasteiger partial charge in [-0.1, -0.05) is 0 Å². The van der Waals surface area contributed by atoms with Crippen molar-refractivity contribution in [2.24, 2.45) is 0 Å². The summed E-state index contributed by atoms with van der Waals surface area (Å²) in [6, 6.07) is 0. The zero-order chi connectivity index (χ0) is 8.39. The third-order valence-corrected chi connectivity index (χ3v) is 2.24. The molecule has 0 atom stereocenters. The number of ether oxygens (including phenoxy) is 1. The second-order valence-electron chi connectivity index (χ2n) is 3.00. The van der Waals surface area contributed by atoms with Gasteiger partial charge in [-0.05, 0) is 28.8 Å². The Balaban J connectivity index is 1.71. The molecule has 1 fully saturated rings. The molecule has 1 aromatic heterocycles. The van der Waals surface area contributed by atoms with E-state index in [1.54, 1.807) is 6.33 Å². The van der Waals surface area contributed by atoms with Gasteiger partial charge in [0.1, 0.15) is 4.60 Å². The van der Waals surface area contributed by atoms with E-state index in [-0.39, 0.29) is 0 Å². The fourth-order valence-electron chi connectivity index (χ4n) is 1.01. The van der Waals surface area contributed by atoms with Gasteiger partial charge in [0.25, 0.3) is 0 Å². The third kappa shape index (κ3) is 2.32. The molecule has 0 N–H and O–H groups in total. The maximum atomic E-state index is 5.50. The Hall–Kier alpha value is -0.350. The number of aromatic nitrogens is 2. The summed E-state index contributed by atoms with van der Waals surface area (Å²) < 4.78 is 8.41. The van der Waals surface area contributed by atoms with Crippen LogP contribution in [-0.4, -0.2) is 22.3 Å². The lowest BCUT2D eigenvalue weighted by Gasteiger charge is -2.01. The van der Waals surface area contributed by atoms with Crippen LogP contribution >= 0.6 is 15.9 Å². The van der Waals surface area contributed by atoms with Crippen LogP contribution in [0.15, 0.2) is 17.1 Å². The van der Waals surface area contributed by atoms with Crippen LogP contribution in [0.4, 0.5) is 0 Å². The Labute approximate surface area is 79.9 Å². The average molecular weight is 231 g/mol. The van der Waals surface area contributed by atoms with Crippen LogP contribution in [0.25, 0.3) is 0 Å². The van der Waals surface area contributed by atoms with Crippen molar-refractivity contribution in [3.63, 3.8) is 0 Å². The normalized spacial score (nSPS) is 16.8. The van der Waals surface area contributed by atoms with Crippen LogP contribution in [0.5, 0.6) is 0 Å². The van der Waals surface area contributed by atoms with Gasteiger partial charge >= 0.3 is 0 Å². The molecule has 66 valence electrons. The standard InChI is InChI=1S/C8H11BrN2O/c9-8-5-11(6-10-8)3-4-12-7-1-2-7/h5-7H,1-4H2. The fraction of sp³-hybridized carbons (Fsp3) is 0.625. The van der Waals surface area contributed by atoms with Crippen molar-refractivity contribution in [1.29, 1.82) is 0 Å². The minimum atomic E-state index is 0.553. The van der Waals surface area contributed by atoms with Gasteiger partial charge in [-0.2, -0.15) is 0 Å². The van der Waals surface area contributed by atoms with Gasteiger partial charge in [0.15, 0.2) is 0 Å². The summed E-state index contributed by atoms with van der Waals surface area (Å²) in [5, 5.41) is 0. The predicted octanol–water partition coefficient (Wildman–Crippen LogP) is 1.82. The summed E-state index contributed by atoms with van der Waals surface area (Å²) in [4.78, 5) is 4.05. The molecule has 12 heavy (non-hydrogen) atoms. The van der Waals surface area contributed by atoms with Crippen molar-refractivity contribution in [2.75, 3.05) is 6.61 Å². The molecule has 1 aliphatic carbocycles. The van der Waals surface area contributed by atoms with Crippen LogP contribution < -0.4 is 0 Å². The van der Waals surface area contributed by atoms with Gasteiger partial charge in [-0.15, -0.1) is 0 Å². The first-order valence-electron chi connectivity index (χ1n) is 4.13. The molecule has 0 aromatic carbocycles. The summed E-state index contributed by atoms with van der Waals surface area (Å²) in [7, 11) is 0. The summed E-state index contributed by atoms with van der Waals surface area (Å²) in [5.74, 6) is 0. The first-order chi connectivity index (χ1) is 5.84. The van der Waals surface area contributed by atoms with Crippen LogP contribution in [0.1, 0.15) is 12.8 Å². The van der Waals surface area contributed by atoms with E-state index in [0.717, 1.165) is 17.8 Å². The molecular weight excluding hydrogens is 220 g/mol. The van der Waals surface area contributed by atoms with Gasteiger partial charge in [-0.25, -0.2) is 4.98 Å². The Morgan fingerprint density at radius 2 is 2.50 bits per heavy atom. The van der Waals surface area contributed by atoms with Crippen molar-refractivity contribution < 1.29 is 4.74 Å². The van der Waals surface area contributed by atoms with Gasteiger partial charge in [-0.3, -0.25) is 0 Å². The largest absolute Gasteiger partial charge is 0.376 e. The zero-order valence-corrected chi connectivity index (χ0v) is 8.33. The molecule has 1 aromatic rings. The highest BCUT2D eigenvalue weighted by atomic mass is 79.9. The molecule has 0 aliphatic heterocycles. The van der Waals surface area contributed by atoms with Crippen molar-refractivity contribution in [3.8, 4) is 0 Å². The lowest BCUT2D eigenvalue weighted by Crippen LogP contribution is -2.04. The minimum absolute atomic E-state index is 0.553. The molecule has 1 saturated carbocycles. The van der Waals surface area contributed by atoms with Gasteiger partial charge in [0.2, 0.25) is 0 Å². The maximum Gasteiger partial charge on any atom is 0.124 e. The van der Waals surface area contributed by atoms with Gasteiger partial charge < -0.3 is 9.30 Å². The van der Waals surface area contributed by atoms with E-state index in [9.17, 15) is 0 Å². The van der Waals surface area contributed by atoms with Gasteiger partial charge in [0.05, 0.1) is 19.0 Å². The molecule has 4 heteroatoms. The smallest absolute Gasteiger partial charge is 0.124 e. The first kappa shape index (κ1) is 8.26. The van der Waals surface area contributed by atoms with E-state index in [4.69, 9.17) is 4.74 Å². The number of hydrogen-bond acceptors (Lipinski definition) is 2. The highest BCUT2D eigenvalue weighted by molar-refractivity contribution is 9.10. The highest BCUT2D eigenvalue weighted by Gasteiger charge is 2.21. The van der Waals surface area contributed by atoms with E-state index >= 15 is 0 Å². The Morgan fingerprint density at radius 1 is 1.67 bits per heavy atom. The Bertz CT molecular complexity index is 257. The molecule has 0 unspecified atom stereocenters. The zero-order valence-electron chi connectivity index (χ0n) is 6.74. The second-order valence-corrected chi connectivity index (χ2v) is 3.82. The fourth-order valence-corrected chi connectivity index (χ4v) is 1.37. The number of rotatable bonds is 4. The van der Waals surface area contributed by atoms with Crippen molar-refractivity contribution in [1.82, 2.24) is 9.55 Å². The molecule has 2 rings (SSSR count). The Kier molecular flexibility index (Phi) is 2.46. The second kappa shape index (κ2) is 3.58. The lowest BCUT2D eigenvalue weighted by molar-refractivity contribution is 0.112. The monoisotopic (exact) mass is 230 g/mol. The highest BCUT2D eigenvalue weighted by Crippen LogP contribution is 2.23. The van der Waals surface area contributed by atoms with E-state index in [2.05, 4.69) is 20.9 Å². The molecular formula is C8H11BrN2O. The molecule has 1 aliphatic rings. The van der Waals surface area contributed by atoms with Crippen LogP contribution in [0.3, 0.4) is 0 Å². The van der Waals surface area contributed by atoms with Crippen molar-refractivity contribution in [3.05, 3.63) is 17.1 Å². The molecule has 0 bridgehead atoms. The number of halogens is 1. The maximum absolute atomic E-state index is 5.50. The SMILES string of the molecule is Brc1cn(CCOC2CC2)cn1. The molecule has 0 amide bonds. The van der Waals surface area contributed by atoms with E-state index in [0.29, 0.717) is 6.10 Å². The average Bonchev–Trinajstić information content (AvgIpc) is 2.76. The van der Waals surface area contributed by atoms with Crippen molar-refractivity contribution >= 4 is 15.9 Å². The molecule has 1 heterocycles. The van der Waals surface area contributed by atoms with E-state index in [1.807, 2.05) is 10.8 Å². The Morgan fingerprint density at radius 3 is 3.08 bits per heavy atom. The van der Waals surface area contributed by atoms with E-state index < -0.39 is 0 Å². The van der Waals surface area contributed by atoms with Crippen LogP contribution in [-0.2, 0) is 11.3 Å². The molecule has 0 radical (unpaired) electrons. The number of hydrogen-bond donors (Lipinski definition) is 0. The van der Waals surface area contributed by atoms with Crippen LogP contribution in [0.2, 0.25) is 0 Å². The third-order valence-electron chi connectivity index (χ3n) is 1.83. The quantitative estimate of drug-likeness (QED) is 0.790. The predicted molar refractivity (Wildman–Crippen MR) is 48.9 cm³/mol. The summed E-state index contributed by atoms with van der Waals surface area (Å²) in [5.41, 5.74) is 0. The summed E-state index contributed by atoms with van der Waals surface area (Å²) >= 11 is 3.29. The van der Waals surface area contributed by atoms with Gasteiger partial charge in [0, 0.05) is 12.7 Å². The molecule has 0 saturated heterocycles. The minimum Gasteiger partial charge on any atom is -0.376 e. The van der Waals surface area contributed by atoms with Crippen LogP contribution in [0, 0.1) is 0 Å².